The van der Waals surface area contributed by atoms with Gasteiger partial charge in [0, 0.05) is 41.8 Å². The number of carbonyl (C=O) groups excluding carboxylic acids is 1. The Morgan fingerprint density at radius 1 is 1.20 bits per heavy atom. The second kappa shape index (κ2) is 12.8. The fourth-order valence-corrected chi connectivity index (χ4v) is 2.60. The summed E-state index contributed by atoms with van der Waals surface area (Å²) in [6, 6.07) is 5.62. The van der Waals surface area contributed by atoms with E-state index in [9.17, 15) is 9.90 Å². The van der Waals surface area contributed by atoms with E-state index in [4.69, 9.17) is 4.74 Å². The molecule has 5 heteroatoms. The van der Waals surface area contributed by atoms with Crippen molar-refractivity contribution >= 4 is 33.7 Å². The Labute approximate surface area is 160 Å². The SMILES string of the molecule is CCCCN(CCCC)c1ccc(/C=C/C(=O)OCCCBr)c(O)c1. The molecule has 0 saturated carbocycles. The number of esters is 1. The molecule has 140 valence electrons. The lowest BCUT2D eigenvalue weighted by atomic mass is 10.1. The van der Waals surface area contributed by atoms with Gasteiger partial charge in [0.25, 0.3) is 0 Å². The molecule has 0 bridgehead atoms. The molecule has 0 aliphatic carbocycles. The van der Waals surface area contributed by atoms with Crippen molar-refractivity contribution in [3.63, 3.8) is 0 Å². The largest absolute Gasteiger partial charge is 0.507 e. The molecule has 0 amide bonds. The molecule has 0 radical (unpaired) electrons. The summed E-state index contributed by atoms with van der Waals surface area (Å²) in [6.45, 7) is 6.74. The molecule has 1 N–H and O–H groups in total. The van der Waals surface area contributed by atoms with Gasteiger partial charge in [-0.15, -0.1) is 0 Å². The first-order chi connectivity index (χ1) is 12.1. The molecule has 0 unspecified atom stereocenters. The molecule has 25 heavy (non-hydrogen) atoms. The van der Waals surface area contributed by atoms with Crippen LogP contribution in [0.1, 0.15) is 51.5 Å². The third-order valence-corrected chi connectivity index (χ3v) is 4.42. The molecule has 4 nitrogen and oxygen atoms in total. The summed E-state index contributed by atoms with van der Waals surface area (Å²) in [5.41, 5.74) is 1.64. The Hall–Kier alpha value is -1.49. The van der Waals surface area contributed by atoms with Gasteiger partial charge < -0.3 is 14.7 Å². The smallest absolute Gasteiger partial charge is 0.330 e. The van der Waals surface area contributed by atoms with Gasteiger partial charge in [-0.25, -0.2) is 4.79 Å². The van der Waals surface area contributed by atoms with Gasteiger partial charge >= 0.3 is 5.97 Å². The Morgan fingerprint density at radius 3 is 2.44 bits per heavy atom. The van der Waals surface area contributed by atoms with E-state index in [1.54, 1.807) is 12.1 Å². The van der Waals surface area contributed by atoms with Gasteiger partial charge in [0.15, 0.2) is 0 Å². The lowest BCUT2D eigenvalue weighted by Crippen LogP contribution is -2.25. The van der Waals surface area contributed by atoms with Crippen LogP contribution in [0.15, 0.2) is 24.3 Å². The molecule has 0 aliphatic heterocycles. The summed E-state index contributed by atoms with van der Waals surface area (Å²) in [5, 5.41) is 11.1. The summed E-state index contributed by atoms with van der Waals surface area (Å²) >= 11 is 3.29. The Morgan fingerprint density at radius 2 is 1.88 bits per heavy atom. The number of ether oxygens (including phenoxy) is 1. The predicted octanol–water partition coefficient (Wildman–Crippen LogP) is 5.14. The third kappa shape index (κ3) is 8.43. The quantitative estimate of drug-likeness (QED) is 0.224. The van der Waals surface area contributed by atoms with Gasteiger partial charge in [-0.05, 0) is 37.5 Å². The third-order valence-electron chi connectivity index (χ3n) is 3.86. The van der Waals surface area contributed by atoms with Crippen LogP contribution in [0.2, 0.25) is 0 Å². The minimum absolute atomic E-state index is 0.181. The van der Waals surface area contributed by atoms with Gasteiger partial charge in [0.05, 0.1) is 6.61 Å². The number of nitrogens with zero attached hydrogens (tertiary/aromatic N) is 1. The first kappa shape index (κ1) is 21.6. The topological polar surface area (TPSA) is 49.8 Å². The number of alkyl halides is 1. The Bertz CT molecular complexity index is 538. The molecule has 0 aliphatic rings. The van der Waals surface area contributed by atoms with Crippen LogP contribution in [0, 0.1) is 0 Å². The van der Waals surface area contributed by atoms with Crippen LogP contribution in [0.4, 0.5) is 5.69 Å². The number of aromatic hydroxyl groups is 1. The predicted molar refractivity (Wildman–Crippen MR) is 109 cm³/mol. The second-order valence-corrected chi connectivity index (χ2v) is 6.77. The number of rotatable bonds is 12. The number of hydrogen-bond acceptors (Lipinski definition) is 4. The van der Waals surface area contributed by atoms with Crippen LogP contribution in [-0.4, -0.2) is 36.1 Å². The number of benzene rings is 1. The van der Waals surface area contributed by atoms with Crippen molar-refractivity contribution in [3.05, 3.63) is 29.8 Å². The molecule has 0 aromatic heterocycles. The first-order valence-corrected chi connectivity index (χ1v) is 10.2. The minimum atomic E-state index is -0.392. The van der Waals surface area contributed by atoms with Crippen molar-refractivity contribution in [2.45, 2.75) is 46.0 Å². The van der Waals surface area contributed by atoms with Crippen LogP contribution in [-0.2, 0) is 9.53 Å². The van der Waals surface area contributed by atoms with Crippen LogP contribution in [0.25, 0.3) is 6.08 Å². The van der Waals surface area contributed by atoms with E-state index >= 15 is 0 Å². The lowest BCUT2D eigenvalue weighted by Gasteiger charge is -2.25. The highest BCUT2D eigenvalue weighted by Gasteiger charge is 2.08. The summed E-state index contributed by atoms with van der Waals surface area (Å²) < 4.78 is 5.05. The maximum absolute atomic E-state index is 11.6. The Balaban J connectivity index is 2.74. The van der Waals surface area contributed by atoms with Crippen molar-refractivity contribution < 1.29 is 14.6 Å². The molecular weight excluding hydrogens is 382 g/mol. The van der Waals surface area contributed by atoms with Crippen molar-refractivity contribution in [2.75, 3.05) is 29.9 Å². The molecule has 0 spiro atoms. The average Bonchev–Trinajstić information content (AvgIpc) is 2.61. The summed E-state index contributed by atoms with van der Waals surface area (Å²) in [5.74, 6) is -0.211. The number of phenolic OH excluding ortho intramolecular Hbond substituents is 1. The normalized spacial score (nSPS) is 11.0. The molecule has 1 aromatic rings. The van der Waals surface area contributed by atoms with Gasteiger partial charge in [-0.1, -0.05) is 42.6 Å². The second-order valence-electron chi connectivity index (χ2n) is 5.98. The van der Waals surface area contributed by atoms with E-state index in [1.165, 1.54) is 6.08 Å². The molecule has 0 fully saturated rings. The molecule has 1 aromatic carbocycles. The molecule has 1 rings (SSSR count). The zero-order chi connectivity index (χ0) is 18.5. The lowest BCUT2D eigenvalue weighted by molar-refractivity contribution is -0.137. The summed E-state index contributed by atoms with van der Waals surface area (Å²) in [6.07, 6.45) is 8.29. The van der Waals surface area contributed by atoms with Gasteiger partial charge in [-0.3, -0.25) is 0 Å². The van der Waals surface area contributed by atoms with Crippen molar-refractivity contribution in [1.29, 1.82) is 0 Å². The highest BCUT2D eigenvalue weighted by molar-refractivity contribution is 9.09. The van der Waals surface area contributed by atoms with E-state index in [1.807, 2.05) is 12.1 Å². The number of hydrogen-bond donors (Lipinski definition) is 1. The van der Waals surface area contributed by atoms with Crippen molar-refractivity contribution in [1.82, 2.24) is 0 Å². The van der Waals surface area contributed by atoms with E-state index < -0.39 is 5.97 Å². The summed E-state index contributed by atoms with van der Waals surface area (Å²) in [7, 11) is 0. The number of anilines is 1. The number of unbranched alkanes of at least 4 members (excludes halogenated alkanes) is 2. The molecule has 0 saturated heterocycles. The zero-order valence-electron chi connectivity index (χ0n) is 15.3. The standard InChI is InChI=1S/C20H30BrNO3/c1-3-5-13-22(14-6-4-2)18-10-8-17(19(23)16-18)9-11-20(24)25-15-7-12-21/h8-11,16,23H,3-7,12-15H2,1-2H3/b11-9+. The average molecular weight is 412 g/mol. The van der Waals surface area contributed by atoms with Gasteiger partial charge in [0.2, 0.25) is 0 Å². The maximum Gasteiger partial charge on any atom is 0.330 e. The Kier molecular flexibility index (Phi) is 11.0. The number of halogens is 1. The number of phenols is 1. The van der Waals surface area contributed by atoms with Crippen molar-refractivity contribution in [2.24, 2.45) is 0 Å². The monoisotopic (exact) mass is 411 g/mol. The fourth-order valence-electron chi connectivity index (χ4n) is 2.37. The summed E-state index contributed by atoms with van der Waals surface area (Å²) in [4.78, 5) is 13.9. The van der Waals surface area contributed by atoms with Crippen LogP contribution >= 0.6 is 15.9 Å². The van der Waals surface area contributed by atoms with E-state index in [0.717, 1.165) is 56.2 Å². The van der Waals surface area contributed by atoms with Gasteiger partial charge in [-0.2, -0.15) is 0 Å². The molecule has 0 heterocycles. The first-order valence-electron chi connectivity index (χ1n) is 9.11. The van der Waals surface area contributed by atoms with E-state index in [2.05, 4.69) is 34.7 Å². The van der Waals surface area contributed by atoms with Crippen LogP contribution < -0.4 is 4.90 Å². The number of carbonyl (C=O) groups is 1. The molecular formula is C20H30BrNO3. The van der Waals surface area contributed by atoms with E-state index in [0.29, 0.717) is 12.2 Å². The highest BCUT2D eigenvalue weighted by Crippen LogP contribution is 2.26. The van der Waals surface area contributed by atoms with E-state index in [-0.39, 0.29) is 5.75 Å². The van der Waals surface area contributed by atoms with Crippen LogP contribution in [0.5, 0.6) is 5.75 Å². The van der Waals surface area contributed by atoms with Crippen molar-refractivity contribution in [3.8, 4) is 5.75 Å². The maximum atomic E-state index is 11.6. The molecule has 0 atom stereocenters. The fraction of sp³-hybridized carbons (Fsp3) is 0.550. The highest BCUT2D eigenvalue weighted by atomic mass is 79.9. The van der Waals surface area contributed by atoms with Gasteiger partial charge in [0.1, 0.15) is 5.75 Å². The van der Waals surface area contributed by atoms with Crippen LogP contribution in [0.3, 0.4) is 0 Å². The minimum Gasteiger partial charge on any atom is -0.507 e. The zero-order valence-corrected chi connectivity index (χ0v) is 16.9.